The van der Waals surface area contributed by atoms with E-state index in [0.29, 0.717) is 39.0 Å². The molecule has 0 amide bonds. The van der Waals surface area contributed by atoms with Crippen LogP contribution in [-0.2, 0) is 19.5 Å². The monoisotopic (exact) mass is 397 g/mol. The number of allylic oxidation sites excluding steroid dienone is 1. The third-order valence-corrected chi connectivity index (χ3v) is 5.40. The topological polar surface area (TPSA) is 78.7 Å². The van der Waals surface area contributed by atoms with Gasteiger partial charge in [-0.1, -0.05) is 52.9 Å². The van der Waals surface area contributed by atoms with Crippen molar-refractivity contribution in [1.82, 2.24) is 24.3 Å². The van der Waals surface area contributed by atoms with Crippen LogP contribution in [0, 0.1) is 3.95 Å². The van der Waals surface area contributed by atoms with E-state index in [9.17, 15) is 4.79 Å². The highest BCUT2D eigenvalue weighted by Gasteiger charge is 2.14. The van der Waals surface area contributed by atoms with Gasteiger partial charge in [0, 0.05) is 13.0 Å². The molecule has 9 heteroatoms. The molecule has 0 spiro atoms. The second-order valence-corrected chi connectivity index (χ2v) is 7.51. The Balaban J connectivity index is 1.61. The molecule has 4 rings (SSSR count). The average molecular weight is 397 g/mol. The fourth-order valence-corrected chi connectivity index (χ4v) is 4.04. The summed E-state index contributed by atoms with van der Waals surface area (Å²) in [5, 5.41) is 3.99. The number of hydrogen-bond acceptors (Lipinski definition) is 7. The summed E-state index contributed by atoms with van der Waals surface area (Å²) in [5.41, 5.74) is 1.48. The van der Waals surface area contributed by atoms with Gasteiger partial charge in [0.15, 0.2) is 15.4 Å². The van der Waals surface area contributed by atoms with Gasteiger partial charge in [0.25, 0.3) is 5.56 Å². The minimum atomic E-state index is -0.179. The lowest BCUT2D eigenvalue weighted by Gasteiger charge is -2.02. The van der Waals surface area contributed by atoms with Crippen molar-refractivity contribution >= 4 is 33.9 Å². The Labute approximate surface area is 163 Å². The molecule has 0 N–H and O–H groups in total. The molecule has 136 valence electrons. The van der Waals surface area contributed by atoms with Gasteiger partial charge in [0.1, 0.15) is 17.6 Å². The van der Waals surface area contributed by atoms with Gasteiger partial charge < -0.3 is 9.09 Å². The van der Waals surface area contributed by atoms with E-state index in [1.165, 1.54) is 22.2 Å². The molecule has 4 aromatic rings. The largest absolute Gasteiger partial charge is 0.337 e. The van der Waals surface area contributed by atoms with Crippen molar-refractivity contribution in [1.29, 1.82) is 0 Å². The third kappa shape index (κ3) is 3.51. The zero-order valence-corrected chi connectivity index (χ0v) is 15.9. The molecule has 0 saturated carbocycles. The van der Waals surface area contributed by atoms with E-state index in [1.54, 1.807) is 10.6 Å². The maximum Gasteiger partial charge on any atom is 0.273 e. The van der Waals surface area contributed by atoms with Gasteiger partial charge in [0.05, 0.1) is 0 Å². The van der Waals surface area contributed by atoms with Crippen LogP contribution in [0.1, 0.15) is 17.3 Å². The van der Waals surface area contributed by atoms with Crippen LogP contribution < -0.4 is 5.56 Å². The summed E-state index contributed by atoms with van der Waals surface area (Å²) in [5.74, 6) is 0.935. The van der Waals surface area contributed by atoms with Gasteiger partial charge in [-0.25, -0.2) is 4.98 Å². The summed E-state index contributed by atoms with van der Waals surface area (Å²) < 4.78 is 9.63. The Morgan fingerprint density at radius 1 is 1.30 bits per heavy atom. The van der Waals surface area contributed by atoms with Gasteiger partial charge in [-0.2, -0.15) is 4.98 Å². The van der Waals surface area contributed by atoms with Gasteiger partial charge >= 0.3 is 0 Å². The Bertz CT molecular complexity index is 1220. The van der Waals surface area contributed by atoms with Crippen molar-refractivity contribution < 1.29 is 4.52 Å². The van der Waals surface area contributed by atoms with Crippen molar-refractivity contribution in [3.8, 4) is 0 Å². The third-order valence-electron chi connectivity index (χ3n) is 3.98. The maximum absolute atomic E-state index is 12.8. The number of benzene rings is 1. The first-order valence-corrected chi connectivity index (χ1v) is 9.43. The first kappa shape index (κ1) is 17.5. The molecule has 0 aliphatic carbocycles. The van der Waals surface area contributed by atoms with Crippen LogP contribution in [0.15, 0.2) is 58.6 Å². The Hall–Kier alpha value is -2.91. The molecule has 0 atom stereocenters. The summed E-state index contributed by atoms with van der Waals surface area (Å²) in [6.07, 6.45) is 3.77. The smallest absolute Gasteiger partial charge is 0.273 e. The van der Waals surface area contributed by atoms with Crippen molar-refractivity contribution in [3.63, 3.8) is 0 Å². The molecule has 3 aromatic heterocycles. The van der Waals surface area contributed by atoms with Crippen LogP contribution in [0.3, 0.4) is 0 Å². The van der Waals surface area contributed by atoms with E-state index in [4.69, 9.17) is 16.7 Å². The van der Waals surface area contributed by atoms with E-state index in [-0.39, 0.29) is 12.1 Å². The van der Waals surface area contributed by atoms with Crippen LogP contribution >= 0.6 is 23.6 Å². The van der Waals surface area contributed by atoms with Crippen molar-refractivity contribution in [2.75, 3.05) is 0 Å². The molecular weight excluding hydrogens is 382 g/mol. The molecule has 27 heavy (non-hydrogen) atoms. The number of hydrogen-bond donors (Lipinski definition) is 0. The molecule has 3 heterocycles. The number of aromatic nitrogens is 5. The van der Waals surface area contributed by atoms with Gasteiger partial charge in [-0.05, 0) is 17.8 Å². The average Bonchev–Trinajstić information content (AvgIpc) is 3.24. The second-order valence-electron chi connectivity index (χ2n) is 5.86. The maximum atomic E-state index is 12.8. The minimum Gasteiger partial charge on any atom is -0.337 e. The first-order chi connectivity index (χ1) is 13.2. The lowest BCUT2D eigenvalue weighted by Crippen LogP contribution is -2.21. The van der Waals surface area contributed by atoms with Crippen LogP contribution in [0.2, 0.25) is 0 Å². The van der Waals surface area contributed by atoms with Crippen LogP contribution in [0.5, 0.6) is 0 Å². The molecule has 0 aliphatic rings. The Morgan fingerprint density at radius 3 is 2.89 bits per heavy atom. The van der Waals surface area contributed by atoms with Crippen molar-refractivity contribution in [2.45, 2.75) is 19.5 Å². The highest BCUT2D eigenvalue weighted by Crippen LogP contribution is 2.18. The lowest BCUT2D eigenvalue weighted by molar-refractivity contribution is 0.365. The fraction of sp³-hybridized carbons (Fsp3) is 0.167. The molecule has 7 nitrogen and oxygen atoms in total. The molecular formula is C18H15N5O2S2. The first-order valence-electron chi connectivity index (χ1n) is 8.21. The van der Waals surface area contributed by atoms with Gasteiger partial charge in [-0.3, -0.25) is 9.36 Å². The van der Waals surface area contributed by atoms with Crippen LogP contribution in [-0.4, -0.2) is 24.3 Å². The van der Waals surface area contributed by atoms with Crippen molar-refractivity contribution in [3.05, 3.63) is 80.9 Å². The van der Waals surface area contributed by atoms with Crippen molar-refractivity contribution in [2.24, 2.45) is 0 Å². The van der Waals surface area contributed by atoms with E-state index >= 15 is 0 Å². The second kappa shape index (κ2) is 7.37. The van der Waals surface area contributed by atoms with Gasteiger partial charge in [0.2, 0.25) is 5.89 Å². The number of fused-ring (bicyclic) bond motifs is 1. The van der Waals surface area contributed by atoms with E-state index < -0.39 is 0 Å². The minimum absolute atomic E-state index is 0.162. The predicted octanol–water partition coefficient (Wildman–Crippen LogP) is 3.20. The van der Waals surface area contributed by atoms with Crippen LogP contribution in [0.25, 0.3) is 10.3 Å². The summed E-state index contributed by atoms with van der Waals surface area (Å²) >= 11 is 6.57. The molecule has 0 saturated heterocycles. The molecule has 1 aromatic carbocycles. The van der Waals surface area contributed by atoms with Gasteiger partial charge in [-0.15, -0.1) is 6.58 Å². The quantitative estimate of drug-likeness (QED) is 0.367. The number of thiazole rings is 1. The van der Waals surface area contributed by atoms with E-state index in [1.807, 2.05) is 30.3 Å². The Kier molecular flexibility index (Phi) is 4.78. The standard InChI is InChI=1S/C18H15N5O2S2/c1-2-8-23-16-15(27-18(23)26)17(24)22(11-19-16)10-14-20-13(21-25-14)9-12-6-4-3-5-7-12/h2-7,11H,1,8-10H2. The SMILES string of the molecule is C=CCn1c(=S)sc2c(=O)n(Cc3nc(Cc4ccccc4)no3)cnc21. The highest BCUT2D eigenvalue weighted by atomic mass is 32.1. The van der Waals surface area contributed by atoms with E-state index in [2.05, 4.69) is 21.7 Å². The summed E-state index contributed by atoms with van der Waals surface area (Å²) in [6, 6.07) is 9.88. The zero-order valence-electron chi connectivity index (χ0n) is 14.2. The summed E-state index contributed by atoms with van der Waals surface area (Å²) in [7, 11) is 0. The molecule has 0 aliphatic heterocycles. The fourth-order valence-electron chi connectivity index (χ4n) is 2.73. The lowest BCUT2D eigenvalue weighted by atomic mass is 10.1. The predicted molar refractivity (Wildman–Crippen MR) is 106 cm³/mol. The summed E-state index contributed by atoms with van der Waals surface area (Å²) in [4.78, 5) is 21.5. The molecule has 0 unspecified atom stereocenters. The van der Waals surface area contributed by atoms with E-state index in [0.717, 1.165) is 5.56 Å². The molecule has 0 bridgehead atoms. The zero-order chi connectivity index (χ0) is 18.8. The van der Waals surface area contributed by atoms with Crippen LogP contribution in [0.4, 0.5) is 0 Å². The normalized spacial score (nSPS) is 11.1. The highest BCUT2D eigenvalue weighted by molar-refractivity contribution is 7.73. The molecule has 0 fully saturated rings. The Morgan fingerprint density at radius 2 is 2.11 bits per heavy atom. The molecule has 0 radical (unpaired) electrons. The number of nitrogens with zero attached hydrogens (tertiary/aromatic N) is 5. The number of rotatable bonds is 6. The summed E-state index contributed by atoms with van der Waals surface area (Å²) in [6.45, 7) is 4.39.